The first-order valence-electron chi connectivity index (χ1n) is 6.00. The van der Waals surface area contributed by atoms with Gasteiger partial charge in [-0.3, -0.25) is 0 Å². The molecule has 0 aliphatic carbocycles. The summed E-state index contributed by atoms with van der Waals surface area (Å²) in [4.78, 5) is 0. The van der Waals surface area contributed by atoms with E-state index in [0.29, 0.717) is 5.54 Å². The SMILES string of the molecule is CC1(C)CC(C2CCSCC2)CCN1. The summed E-state index contributed by atoms with van der Waals surface area (Å²) in [6.45, 7) is 5.95. The highest BCUT2D eigenvalue weighted by Gasteiger charge is 2.32. The molecular weight excluding hydrogens is 190 g/mol. The van der Waals surface area contributed by atoms with Gasteiger partial charge < -0.3 is 5.32 Å². The summed E-state index contributed by atoms with van der Waals surface area (Å²) >= 11 is 2.15. The van der Waals surface area contributed by atoms with Crippen LogP contribution in [-0.4, -0.2) is 23.6 Å². The van der Waals surface area contributed by atoms with E-state index < -0.39 is 0 Å². The Morgan fingerprint density at radius 2 is 1.79 bits per heavy atom. The van der Waals surface area contributed by atoms with Gasteiger partial charge in [-0.15, -0.1) is 0 Å². The predicted molar refractivity (Wildman–Crippen MR) is 64.9 cm³/mol. The van der Waals surface area contributed by atoms with Crippen molar-refractivity contribution in [2.24, 2.45) is 11.8 Å². The Hall–Kier alpha value is 0.310. The minimum absolute atomic E-state index is 0.396. The molecule has 14 heavy (non-hydrogen) atoms. The van der Waals surface area contributed by atoms with Crippen molar-refractivity contribution in [2.45, 2.75) is 45.1 Å². The van der Waals surface area contributed by atoms with E-state index >= 15 is 0 Å². The maximum Gasteiger partial charge on any atom is 0.0127 e. The molecule has 2 fully saturated rings. The highest BCUT2D eigenvalue weighted by molar-refractivity contribution is 7.99. The summed E-state index contributed by atoms with van der Waals surface area (Å²) in [5, 5.41) is 3.62. The second-order valence-electron chi connectivity index (χ2n) is 5.51. The Balaban J connectivity index is 1.89. The minimum atomic E-state index is 0.396. The fourth-order valence-corrected chi connectivity index (χ4v) is 4.16. The van der Waals surface area contributed by atoms with Gasteiger partial charge in [-0.2, -0.15) is 11.8 Å². The highest BCUT2D eigenvalue weighted by Crippen LogP contribution is 2.36. The van der Waals surface area contributed by atoms with Crippen molar-refractivity contribution in [3.8, 4) is 0 Å². The number of piperidine rings is 1. The van der Waals surface area contributed by atoms with Gasteiger partial charge >= 0.3 is 0 Å². The standard InChI is InChI=1S/C12H23NS/c1-12(2)9-11(3-6-13-12)10-4-7-14-8-5-10/h10-11,13H,3-9H2,1-2H3. The molecular formula is C12H23NS. The van der Waals surface area contributed by atoms with E-state index in [0.717, 1.165) is 11.8 Å². The average molecular weight is 213 g/mol. The molecule has 2 aliphatic heterocycles. The molecule has 2 heterocycles. The monoisotopic (exact) mass is 213 g/mol. The van der Waals surface area contributed by atoms with Gasteiger partial charge in [0.2, 0.25) is 0 Å². The Labute approximate surface area is 92.4 Å². The van der Waals surface area contributed by atoms with Crippen LogP contribution in [0, 0.1) is 11.8 Å². The maximum atomic E-state index is 3.62. The van der Waals surface area contributed by atoms with E-state index in [-0.39, 0.29) is 0 Å². The number of hydrogen-bond acceptors (Lipinski definition) is 2. The van der Waals surface area contributed by atoms with Gasteiger partial charge in [0.05, 0.1) is 0 Å². The fraction of sp³-hybridized carbons (Fsp3) is 1.00. The Bertz CT molecular complexity index is 185. The summed E-state index contributed by atoms with van der Waals surface area (Å²) in [5.74, 6) is 4.87. The first kappa shape index (κ1) is 10.8. The number of nitrogens with one attached hydrogen (secondary N) is 1. The molecule has 0 aromatic carbocycles. The van der Waals surface area contributed by atoms with Gasteiger partial charge in [0.15, 0.2) is 0 Å². The van der Waals surface area contributed by atoms with E-state index in [1.165, 1.54) is 43.7 Å². The third kappa shape index (κ3) is 2.66. The van der Waals surface area contributed by atoms with E-state index in [4.69, 9.17) is 0 Å². The van der Waals surface area contributed by atoms with E-state index in [9.17, 15) is 0 Å². The molecule has 0 aromatic rings. The van der Waals surface area contributed by atoms with E-state index in [1.807, 2.05) is 0 Å². The second-order valence-corrected chi connectivity index (χ2v) is 6.74. The average Bonchev–Trinajstić information content (AvgIpc) is 2.18. The van der Waals surface area contributed by atoms with Gasteiger partial charge in [-0.25, -0.2) is 0 Å². The molecule has 0 aromatic heterocycles. The zero-order valence-corrected chi connectivity index (χ0v) is 10.3. The lowest BCUT2D eigenvalue weighted by molar-refractivity contribution is 0.166. The second kappa shape index (κ2) is 4.44. The Morgan fingerprint density at radius 1 is 1.07 bits per heavy atom. The van der Waals surface area contributed by atoms with Crippen LogP contribution < -0.4 is 5.32 Å². The molecule has 82 valence electrons. The van der Waals surface area contributed by atoms with Crippen LogP contribution >= 0.6 is 11.8 Å². The third-order valence-corrected chi connectivity index (χ3v) is 4.87. The van der Waals surface area contributed by atoms with Crippen molar-refractivity contribution < 1.29 is 0 Å². The number of thioether (sulfide) groups is 1. The first-order chi connectivity index (χ1) is 6.67. The molecule has 2 rings (SSSR count). The third-order valence-electron chi connectivity index (χ3n) is 3.82. The summed E-state index contributed by atoms with van der Waals surface area (Å²) in [6, 6.07) is 0. The lowest BCUT2D eigenvalue weighted by Gasteiger charge is -2.41. The van der Waals surface area contributed by atoms with Crippen molar-refractivity contribution in [1.82, 2.24) is 5.32 Å². The van der Waals surface area contributed by atoms with Gasteiger partial charge in [0, 0.05) is 5.54 Å². The minimum Gasteiger partial charge on any atom is -0.312 e. The first-order valence-corrected chi connectivity index (χ1v) is 7.16. The van der Waals surface area contributed by atoms with Crippen LogP contribution in [0.15, 0.2) is 0 Å². The van der Waals surface area contributed by atoms with Crippen LogP contribution in [0.4, 0.5) is 0 Å². The summed E-state index contributed by atoms with van der Waals surface area (Å²) < 4.78 is 0. The number of rotatable bonds is 1. The van der Waals surface area contributed by atoms with Crippen LogP contribution in [0.1, 0.15) is 39.5 Å². The molecule has 1 unspecified atom stereocenters. The number of hydrogen-bond donors (Lipinski definition) is 1. The molecule has 0 bridgehead atoms. The van der Waals surface area contributed by atoms with Crippen LogP contribution in [0.3, 0.4) is 0 Å². The predicted octanol–water partition coefficient (Wildman–Crippen LogP) is 2.91. The quantitative estimate of drug-likeness (QED) is 0.719. The molecule has 1 N–H and O–H groups in total. The van der Waals surface area contributed by atoms with Crippen LogP contribution in [0.25, 0.3) is 0 Å². The molecule has 0 spiro atoms. The van der Waals surface area contributed by atoms with Gasteiger partial charge in [0.1, 0.15) is 0 Å². The molecule has 0 saturated carbocycles. The molecule has 0 amide bonds. The summed E-state index contributed by atoms with van der Waals surface area (Å²) in [7, 11) is 0. The highest BCUT2D eigenvalue weighted by atomic mass is 32.2. The maximum absolute atomic E-state index is 3.62. The topological polar surface area (TPSA) is 12.0 Å². The fourth-order valence-electron chi connectivity index (χ4n) is 3.02. The summed E-state index contributed by atoms with van der Waals surface area (Å²) in [6.07, 6.45) is 5.76. The molecule has 2 saturated heterocycles. The Kier molecular flexibility index (Phi) is 3.43. The molecule has 1 nitrogen and oxygen atoms in total. The lowest BCUT2D eigenvalue weighted by atomic mass is 9.75. The van der Waals surface area contributed by atoms with Crippen LogP contribution in [-0.2, 0) is 0 Å². The molecule has 1 atom stereocenters. The van der Waals surface area contributed by atoms with Gasteiger partial charge in [-0.05, 0) is 69.4 Å². The zero-order chi connectivity index (χ0) is 10.0. The van der Waals surface area contributed by atoms with Crippen molar-refractivity contribution >= 4 is 11.8 Å². The van der Waals surface area contributed by atoms with Crippen molar-refractivity contribution in [2.75, 3.05) is 18.1 Å². The lowest BCUT2D eigenvalue weighted by Crippen LogP contribution is -2.48. The zero-order valence-electron chi connectivity index (χ0n) is 9.51. The van der Waals surface area contributed by atoms with Crippen LogP contribution in [0.2, 0.25) is 0 Å². The summed E-state index contributed by atoms with van der Waals surface area (Å²) in [5.41, 5.74) is 0.396. The largest absolute Gasteiger partial charge is 0.312 e. The van der Waals surface area contributed by atoms with Gasteiger partial charge in [-0.1, -0.05) is 0 Å². The smallest absolute Gasteiger partial charge is 0.0127 e. The normalized spacial score (nSPS) is 34.3. The van der Waals surface area contributed by atoms with Gasteiger partial charge in [0.25, 0.3) is 0 Å². The molecule has 2 aliphatic rings. The van der Waals surface area contributed by atoms with Crippen molar-refractivity contribution in [3.05, 3.63) is 0 Å². The molecule has 2 heteroatoms. The van der Waals surface area contributed by atoms with Crippen LogP contribution in [0.5, 0.6) is 0 Å². The van der Waals surface area contributed by atoms with Crippen molar-refractivity contribution in [1.29, 1.82) is 0 Å². The van der Waals surface area contributed by atoms with E-state index in [1.54, 1.807) is 0 Å². The van der Waals surface area contributed by atoms with E-state index in [2.05, 4.69) is 30.9 Å². The molecule has 0 radical (unpaired) electrons. The van der Waals surface area contributed by atoms with Crippen molar-refractivity contribution in [3.63, 3.8) is 0 Å². The Morgan fingerprint density at radius 3 is 2.43 bits per heavy atom.